The van der Waals surface area contributed by atoms with E-state index in [0.29, 0.717) is 16.4 Å². The number of nitrogens with one attached hydrogen (secondary N) is 1. The van der Waals surface area contributed by atoms with Gasteiger partial charge in [-0.2, -0.15) is 8.73 Å². The van der Waals surface area contributed by atoms with Crippen molar-refractivity contribution in [3.05, 3.63) is 16.1 Å². The molecule has 2 rings (SSSR count). The topological polar surface area (TPSA) is 70.9 Å². The summed E-state index contributed by atoms with van der Waals surface area (Å²) in [7, 11) is -3.58. The second-order valence-electron chi connectivity index (χ2n) is 4.32. The zero-order chi connectivity index (χ0) is 14.9. The summed E-state index contributed by atoms with van der Waals surface area (Å²) < 4.78 is 34.6. The monoisotopic (exact) mass is 373 g/mol. The first-order valence-corrected chi connectivity index (χ1v) is 9.18. The molecule has 1 aromatic rings. The van der Waals surface area contributed by atoms with Crippen LogP contribution in [0.2, 0.25) is 10.0 Å². The average molecular weight is 375 g/mol. The Bertz CT molecular complexity index is 715. The third kappa shape index (κ3) is 3.46. The summed E-state index contributed by atoms with van der Waals surface area (Å²) in [5, 5.41) is 0.508. The van der Waals surface area contributed by atoms with Gasteiger partial charge in [0.25, 0.3) is 0 Å². The van der Waals surface area contributed by atoms with Gasteiger partial charge in [0.1, 0.15) is 11.4 Å². The SMILES string of the molecule is CC(CCl)CS(=O)(=O)Nc1c(Cl)cc(Cl)c2c1N=S=N2. The van der Waals surface area contributed by atoms with Crippen molar-refractivity contribution in [3.8, 4) is 0 Å². The van der Waals surface area contributed by atoms with Gasteiger partial charge in [0, 0.05) is 5.88 Å². The maximum absolute atomic E-state index is 12.1. The lowest BCUT2D eigenvalue weighted by Gasteiger charge is -2.14. The second-order valence-corrected chi connectivity index (χ2v) is 7.74. The maximum atomic E-state index is 12.1. The molecule has 110 valence electrons. The summed E-state index contributed by atoms with van der Waals surface area (Å²) in [6.45, 7) is 1.75. The number of nitrogens with zero attached hydrogens (tertiary/aromatic N) is 2. The number of benzene rings is 1. The smallest absolute Gasteiger partial charge is 0.233 e. The minimum Gasteiger partial charge on any atom is -0.280 e. The molecule has 20 heavy (non-hydrogen) atoms. The molecule has 1 atom stereocenters. The Morgan fingerprint density at radius 3 is 2.60 bits per heavy atom. The number of rotatable bonds is 5. The molecule has 1 unspecified atom stereocenters. The zero-order valence-electron chi connectivity index (χ0n) is 10.2. The first-order chi connectivity index (χ1) is 9.34. The van der Waals surface area contributed by atoms with Crippen molar-refractivity contribution in [2.24, 2.45) is 14.6 Å². The van der Waals surface area contributed by atoms with Gasteiger partial charge in [-0.25, -0.2) is 8.42 Å². The molecule has 5 nitrogen and oxygen atoms in total. The molecule has 0 aromatic heterocycles. The summed E-state index contributed by atoms with van der Waals surface area (Å²) in [5.74, 6) is -0.0263. The standard InChI is InChI=1S/C10H10Cl3N3O2S2/c1-5(3-11)4-20(17,18)16-9-7(13)2-6(12)8-10(9)15-19-14-8/h2,5,16H,3-4H2,1H3. The fourth-order valence-corrected chi connectivity index (χ4v) is 4.51. The molecule has 0 amide bonds. The molecule has 0 bridgehead atoms. The van der Waals surface area contributed by atoms with Gasteiger partial charge < -0.3 is 0 Å². The first-order valence-electron chi connectivity index (χ1n) is 5.50. The van der Waals surface area contributed by atoms with Crippen LogP contribution >= 0.6 is 34.8 Å². The molecular weight excluding hydrogens is 365 g/mol. The van der Waals surface area contributed by atoms with Crippen LogP contribution in [0.15, 0.2) is 14.8 Å². The van der Waals surface area contributed by atoms with E-state index in [1.54, 1.807) is 6.92 Å². The van der Waals surface area contributed by atoms with Crippen molar-refractivity contribution < 1.29 is 8.42 Å². The summed E-state index contributed by atoms with van der Waals surface area (Å²) in [6, 6.07) is 1.44. The van der Waals surface area contributed by atoms with Crippen molar-refractivity contribution in [3.63, 3.8) is 0 Å². The van der Waals surface area contributed by atoms with Crippen LogP contribution < -0.4 is 4.72 Å². The van der Waals surface area contributed by atoms with Gasteiger partial charge in [0.15, 0.2) is 0 Å². The van der Waals surface area contributed by atoms with Crippen LogP contribution in [0.5, 0.6) is 0 Å². The highest BCUT2D eigenvalue weighted by molar-refractivity contribution is 7.92. The summed E-state index contributed by atoms with van der Waals surface area (Å²) in [6.07, 6.45) is 0. The lowest BCUT2D eigenvalue weighted by atomic mass is 10.2. The normalized spacial score (nSPS) is 14.8. The third-order valence-corrected chi connectivity index (χ3v) is 5.63. The minimum atomic E-state index is -3.58. The van der Waals surface area contributed by atoms with Crippen molar-refractivity contribution >= 4 is 73.2 Å². The fraction of sp³-hybridized carbons (Fsp3) is 0.400. The quantitative estimate of drug-likeness (QED) is 0.791. The molecule has 1 aliphatic rings. The molecule has 0 saturated heterocycles. The van der Waals surface area contributed by atoms with E-state index in [-0.39, 0.29) is 28.3 Å². The molecule has 1 N–H and O–H groups in total. The van der Waals surface area contributed by atoms with Gasteiger partial charge >= 0.3 is 0 Å². The van der Waals surface area contributed by atoms with Gasteiger partial charge in [0.05, 0.1) is 32.8 Å². The molecular formula is C10H10Cl3N3O2S2. The molecule has 0 aliphatic carbocycles. The van der Waals surface area contributed by atoms with E-state index in [0.717, 1.165) is 11.4 Å². The highest BCUT2D eigenvalue weighted by Crippen LogP contribution is 2.47. The van der Waals surface area contributed by atoms with E-state index in [9.17, 15) is 8.42 Å². The molecule has 1 aromatic carbocycles. The Balaban J connectivity index is 2.36. The molecule has 0 saturated carbocycles. The summed E-state index contributed by atoms with van der Waals surface area (Å²) >= 11 is 18.6. The van der Waals surface area contributed by atoms with Crippen LogP contribution in [0.4, 0.5) is 17.1 Å². The van der Waals surface area contributed by atoms with Crippen LogP contribution in [0.3, 0.4) is 0 Å². The molecule has 1 heterocycles. The van der Waals surface area contributed by atoms with E-state index in [2.05, 4.69) is 13.4 Å². The number of hydrogen-bond donors (Lipinski definition) is 1. The van der Waals surface area contributed by atoms with Crippen molar-refractivity contribution in [1.29, 1.82) is 0 Å². The van der Waals surface area contributed by atoms with E-state index in [4.69, 9.17) is 34.8 Å². The average Bonchev–Trinajstić information content (AvgIpc) is 2.83. The van der Waals surface area contributed by atoms with Crippen LogP contribution in [-0.4, -0.2) is 20.1 Å². The number of hydrogen-bond acceptors (Lipinski definition) is 4. The molecule has 10 heteroatoms. The Morgan fingerprint density at radius 1 is 1.30 bits per heavy atom. The predicted molar refractivity (Wildman–Crippen MR) is 85.3 cm³/mol. The maximum Gasteiger partial charge on any atom is 0.233 e. The van der Waals surface area contributed by atoms with Crippen LogP contribution in [-0.2, 0) is 21.4 Å². The Kier molecular flexibility index (Phi) is 4.96. The van der Waals surface area contributed by atoms with Crippen LogP contribution in [0, 0.1) is 5.92 Å². The Labute approximate surface area is 135 Å². The Morgan fingerprint density at radius 2 is 1.95 bits per heavy atom. The van der Waals surface area contributed by atoms with E-state index < -0.39 is 10.0 Å². The number of fused-ring (bicyclic) bond motifs is 1. The molecule has 0 radical (unpaired) electrons. The number of alkyl halides is 1. The van der Waals surface area contributed by atoms with Gasteiger partial charge in [-0.15, -0.1) is 11.6 Å². The number of anilines is 1. The Hall–Kier alpha value is -0.340. The van der Waals surface area contributed by atoms with Crippen LogP contribution in [0.25, 0.3) is 0 Å². The van der Waals surface area contributed by atoms with Gasteiger partial charge in [0.2, 0.25) is 10.0 Å². The third-order valence-electron chi connectivity index (χ3n) is 2.47. The first kappa shape index (κ1) is 16.0. The highest BCUT2D eigenvalue weighted by atomic mass is 35.5. The second kappa shape index (κ2) is 6.19. The lowest BCUT2D eigenvalue weighted by Crippen LogP contribution is -2.22. The lowest BCUT2D eigenvalue weighted by molar-refractivity contribution is 0.588. The van der Waals surface area contributed by atoms with Crippen LogP contribution in [0.1, 0.15) is 6.92 Å². The zero-order valence-corrected chi connectivity index (χ0v) is 14.1. The number of halogens is 3. The predicted octanol–water partition coefficient (Wildman–Crippen LogP) is 4.34. The van der Waals surface area contributed by atoms with E-state index >= 15 is 0 Å². The number of sulfonamides is 1. The highest BCUT2D eigenvalue weighted by Gasteiger charge is 2.23. The molecule has 1 aliphatic heterocycles. The van der Waals surface area contributed by atoms with Gasteiger partial charge in [-0.1, -0.05) is 30.1 Å². The molecule has 0 fully saturated rings. The van der Waals surface area contributed by atoms with Gasteiger partial charge in [-0.3, -0.25) is 4.72 Å². The minimum absolute atomic E-state index is 0.103. The van der Waals surface area contributed by atoms with Gasteiger partial charge in [-0.05, 0) is 12.0 Å². The summed E-state index contributed by atoms with van der Waals surface area (Å²) in [5.41, 5.74) is 0.959. The van der Waals surface area contributed by atoms with Crippen molar-refractivity contribution in [1.82, 2.24) is 0 Å². The van der Waals surface area contributed by atoms with Crippen molar-refractivity contribution in [2.45, 2.75) is 6.92 Å². The van der Waals surface area contributed by atoms with E-state index in [1.807, 2.05) is 0 Å². The van der Waals surface area contributed by atoms with E-state index in [1.165, 1.54) is 6.07 Å². The largest absolute Gasteiger partial charge is 0.280 e. The van der Waals surface area contributed by atoms with Crippen molar-refractivity contribution in [2.75, 3.05) is 16.4 Å². The fourth-order valence-electron chi connectivity index (χ4n) is 1.59. The molecule has 0 spiro atoms. The summed E-state index contributed by atoms with van der Waals surface area (Å²) in [4.78, 5) is 0.